The molecule has 4 aromatic rings. The van der Waals surface area contributed by atoms with Crippen LogP contribution in [-0.2, 0) is 0 Å². The molecule has 39 heavy (non-hydrogen) atoms. The van der Waals surface area contributed by atoms with Gasteiger partial charge in [-0.3, -0.25) is 9.56 Å². The standard InChI is InChI=1S/C27H16Cl2F3N5OS/c28-21-2-1-3-22(29)25(21)36-26(39)34-14-33-13-16-4-10-20-17(12-16)5-11-23-24(20)35-15-37(23)18-6-8-19(9-7-18)38-27(30,31)32/h1-4,6-10,12-13,15H,14H2,(H2,34,36,39). The van der Waals surface area contributed by atoms with Crippen LogP contribution in [0.4, 0.5) is 18.9 Å². The number of anilines is 1. The smallest absolute Gasteiger partial charge is 0.406 e. The van der Waals surface area contributed by atoms with Crippen molar-refractivity contribution >= 4 is 63.9 Å². The number of hydrogen-bond donors (Lipinski definition) is 2. The Morgan fingerprint density at radius 2 is 1.82 bits per heavy atom. The van der Waals surface area contributed by atoms with Crippen molar-refractivity contribution in [1.29, 1.82) is 0 Å². The fourth-order valence-corrected chi connectivity index (χ4v) is 4.45. The van der Waals surface area contributed by atoms with E-state index in [1.54, 1.807) is 35.3 Å². The first-order valence-corrected chi connectivity index (χ1v) is 12.4. The monoisotopic (exact) mass is 585 g/mol. The second-order valence-electron chi connectivity index (χ2n) is 8.11. The molecule has 0 spiro atoms. The Labute approximate surface area is 234 Å². The lowest BCUT2D eigenvalue weighted by Crippen LogP contribution is -2.28. The van der Waals surface area contributed by atoms with E-state index in [1.807, 2.05) is 18.2 Å². The molecule has 1 heterocycles. The van der Waals surface area contributed by atoms with Gasteiger partial charge in [0.2, 0.25) is 0 Å². The molecule has 1 aromatic heterocycles. The molecule has 0 unspecified atom stereocenters. The van der Waals surface area contributed by atoms with Crippen LogP contribution in [0.25, 0.3) is 17.1 Å². The number of rotatable bonds is 6. The summed E-state index contributed by atoms with van der Waals surface area (Å²) in [4.78, 5) is 8.85. The van der Waals surface area contributed by atoms with Crippen molar-refractivity contribution in [2.24, 2.45) is 4.99 Å². The van der Waals surface area contributed by atoms with Gasteiger partial charge in [0.05, 0.1) is 15.7 Å². The number of hydrogen-bond acceptors (Lipinski definition) is 4. The van der Waals surface area contributed by atoms with Gasteiger partial charge in [-0.1, -0.05) is 47.1 Å². The van der Waals surface area contributed by atoms with Crippen LogP contribution < -0.4 is 25.9 Å². The molecule has 0 atom stereocenters. The number of thiocarbonyl (C=S) groups is 1. The highest BCUT2D eigenvalue weighted by Crippen LogP contribution is 2.29. The molecule has 0 bridgehead atoms. The van der Waals surface area contributed by atoms with E-state index in [1.165, 1.54) is 24.3 Å². The van der Waals surface area contributed by atoms with Gasteiger partial charge in [0, 0.05) is 22.3 Å². The number of aliphatic imine (C=N–C) groups is 1. The number of nitrogens with one attached hydrogen (secondary N) is 2. The summed E-state index contributed by atoms with van der Waals surface area (Å²) in [6.45, 7) is 0.220. The van der Waals surface area contributed by atoms with Crippen molar-refractivity contribution in [3.63, 3.8) is 0 Å². The Balaban J connectivity index is 1.31. The van der Waals surface area contributed by atoms with E-state index in [0.717, 1.165) is 16.0 Å². The van der Waals surface area contributed by atoms with Crippen LogP contribution in [0.15, 0.2) is 72.0 Å². The molecule has 0 radical (unpaired) electrons. The third-order valence-corrected chi connectivity index (χ3v) is 6.38. The molecule has 6 nitrogen and oxygen atoms in total. The first-order valence-electron chi connectivity index (χ1n) is 11.3. The number of alkyl halides is 3. The lowest BCUT2D eigenvalue weighted by atomic mass is 10.1. The number of benzene rings is 3. The van der Waals surface area contributed by atoms with Crippen LogP contribution in [0.1, 0.15) is 5.56 Å². The van der Waals surface area contributed by atoms with Crippen molar-refractivity contribution in [3.05, 3.63) is 104 Å². The molecule has 0 saturated carbocycles. The quantitative estimate of drug-likeness (QED) is 0.215. The van der Waals surface area contributed by atoms with Crippen LogP contribution in [0.2, 0.25) is 10.0 Å². The highest BCUT2D eigenvalue weighted by Gasteiger charge is 2.31. The maximum atomic E-state index is 12.4. The first kappa shape index (κ1) is 26.6. The molecule has 0 amide bonds. The van der Waals surface area contributed by atoms with Gasteiger partial charge in [0.25, 0.3) is 0 Å². The number of para-hydroxylation sites is 1. The highest BCUT2D eigenvalue weighted by molar-refractivity contribution is 7.80. The number of halogens is 5. The minimum Gasteiger partial charge on any atom is -0.406 e. The Morgan fingerprint density at radius 1 is 1.08 bits per heavy atom. The summed E-state index contributed by atoms with van der Waals surface area (Å²) in [6.07, 6.45) is -1.47. The van der Waals surface area contributed by atoms with E-state index >= 15 is 0 Å². The minimum atomic E-state index is -4.75. The molecular weight excluding hydrogens is 570 g/mol. The predicted octanol–water partition coefficient (Wildman–Crippen LogP) is 5.06. The van der Waals surface area contributed by atoms with Crippen LogP contribution in [0.5, 0.6) is 5.75 Å². The number of imidazole rings is 1. The third kappa shape index (κ3) is 6.17. The van der Waals surface area contributed by atoms with Crippen LogP contribution in [0, 0.1) is 10.6 Å². The van der Waals surface area contributed by atoms with Gasteiger partial charge in [-0.15, -0.1) is 13.2 Å². The van der Waals surface area contributed by atoms with Gasteiger partial charge < -0.3 is 15.4 Å². The maximum Gasteiger partial charge on any atom is 0.573 e. The molecule has 12 heteroatoms. The molecule has 1 aliphatic carbocycles. The van der Waals surface area contributed by atoms with Crippen molar-refractivity contribution in [1.82, 2.24) is 14.9 Å². The topological polar surface area (TPSA) is 63.5 Å². The molecule has 2 N–H and O–H groups in total. The summed E-state index contributed by atoms with van der Waals surface area (Å²) in [7, 11) is 0. The lowest BCUT2D eigenvalue weighted by Gasteiger charge is -2.11. The van der Waals surface area contributed by atoms with Gasteiger partial charge in [-0.2, -0.15) is 0 Å². The molecule has 5 rings (SSSR count). The molecule has 196 valence electrons. The van der Waals surface area contributed by atoms with E-state index in [4.69, 9.17) is 35.4 Å². The molecular formula is C27H16Cl2F3N5OS. The Kier molecular flexibility index (Phi) is 7.48. The SMILES string of the molecule is FC(F)(F)Oc1ccc(-n2cnc3c2=C=C=c2cc(C=NCNC(=S)Nc4c(Cl)cccc4Cl)ccc2=3)cc1. The maximum absolute atomic E-state index is 12.4. The number of nitrogens with zero attached hydrogens (tertiary/aromatic N) is 3. The summed E-state index contributed by atoms with van der Waals surface area (Å²) in [5, 5.41) is 10.1. The zero-order valence-electron chi connectivity index (χ0n) is 19.7. The van der Waals surface area contributed by atoms with E-state index in [2.05, 4.69) is 36.8 Å². The van der Waals surface area contributed by atoms with Gasteiger partial charge in [0.1, 0.15) is 29.4 Å². The Hall–Kier alpha value is -4.04. The molecule has 1 aliphatic rings. The number of fused-ring (bicyclic) bond motifs is 2. The minimum absolute atomic E-state index is 0.220. The predicted molar refractivity (Wildman–Crippen MR) is 149 cm³/mol. The van der Waals surface area contributed by atoms with E-state index in [-0.39, 0.29) is 12.4 Å². The van der Waals surface area contributed by atoms with Crippen molar-refractivity contribution in [3.8, 4) is 11.4 Å². The van der Waals surface area contributed by atoms with Gasteiger partial charge in [-0.25, -0.2) is 4.98 Å². The second kappa shape index (κ2) is 11.0. The first-order chi connectivity index (χ1) is 18.7. The summed E-state index contributed by atoms with van der Waals surface area (Å²) in [5.74, 6) is -0.302. The zero-order valence-corrected chi connectivity index (χ0v) is 22.0. The van der Waals surface area contributed by atoms with E-state index < -0.39 is 6.36 Å². The number of aromatic nitrogens is 2. The number of ether oxygens (including phenoxy) is 1. The van der Waals surface area contributed by atoms with Crippen LogP contribution in [0.3, 0.4) is 0 Å². The van der Waals surface area contributed by atoms with Crippen LogP contribution in [-0.4, -0.2) is 33.9 Å². The largest absolute Gasteiger partial charge is 0.573 e. The van der Waals surface area contributed by atoms with Gasteiger partial charge in [-0.05, 0) is 66.0 Å². The summed E-state index contributed by atoms with van der Waals surface area (Å²) >= 11 is 17.6. The molecule has 0 fully saturated rings. The summed E-state index contributed by atoms with van der Waals surface area (Å²) < 4.78 is 43.0. The Morgan fingerprint density at radius 3 is 2.54 bits per heavy atom. The Bertz CT molecular complexity index is 1860. The average molecular weight is 586 g/mol. The van der Waals surface area contributed by atoms with Crippen molar-refractivity contribution in [2.75, 3.05) is 12.0 Å². The van der Waals surface area contributed by atoms with Crippen molar-refractivity contribution < 1.29 is 17.9 Å². The average Bonchev–Trinajstić information content (AvgIpc) is 3.33. The normalized spacial score (nSPS) is 11.8. The molecule has 3 aromatic carbocycles. The zero-order chi connectivity index (χ0) is 27.6. The fraction of sp³-hybridized carbons (Fsp3) is 0.0741. The third-order valence-electron chi connectivity index (χ3n) is 5.50. The van der Waals surface area contributed by atoms with Gasteiger partial charge in [0.15, 0.2) is 5.11 Å². The fourth-order valence-electron chi connectivity index (χ4n) is 3.79. The van der Waals surface area contributed by atoms with Crippen LogP contribution >= 0.6 is 35.4 Å². The highest BCUT2D eigenvalue weighted by atomic mass is 35.5. The lowest BCUT2D eigenvalue weighted by molar-refractivity contribution is -0.274. The molecule has 0 aliphatic heterocycles. The van der Waals surface area contributed by atoms with E-state index in [9.17, 15) is 13.2 Å². The van der Waals surface area contributed by atoms with E-state index in [0.29, 0.717) is 37.2 Å². The second-order valence-corrected chi connectivity index (χ2v) is 9.33. The summed E-state index contributed by atoms with van der Waals surface area (Å²) in [6, 6.07) is 16.4. The van der Waals surface area contributed by atoms with Crippen molar-refractivity contribution in [2.45, 2.75) is 6.36 Å². The van der Waals surface area contributed by atoms with Gasteiger partial charge >= 0.3 is 6.36 Å². The molecule has 0 saturated heterocycles. The summed E-state index contributed by atoms with van der Waals surface area (Å²) in [5.41, 5.74) is 8.18.